The highest BCUT2D eigenvalue weighted by molar-refractivity contribution is 5.32. The van der Waals surface area contributed by atoms with E-state index >= 15 is 0 Å². The third-order valence-electron chi connectivity index (χ3n) is 3.93. The molecule has 0 aromatic rings. The molecule has 1 rings (SSSR count). The summed E-state index contributed by atoms with van der Waals surface area (Å²) >= 11 is 0. The van der Waals surface area contributed by atoms with E-state index in [1.807, 2.05) is 0 Å². The Labute approximate surface area is 119 Å². The van der Waals surface area contributed by atoms with Crippen molar-refractivity contribution in [3.05, 3.63) is 35.5 Å². The molecule has 0 saturated heterocycles. The van der Waals surface area contributed by atoms with Gasteiger partial charge in [0.1, 0.15) is 0 Å². The van der Waals surface area contributed by atoms with Gasteiger partial charge in [0.25, 0.3) is 0 Å². The van der Waals surface area contributed by atoms with Crippen molar-refractivity contribution in [2.45, 2.75) is 60.3 Å². The fourth-order valence-electron chi connectivity index (χ4n) is 2.63. The Kier molecular flexibility index (Phi) is 5.67. The average Bonchev–Trinajstić information content (AvgIpc) is 2.26. The van der Waals surface area contributed by atoms with Crippen molar-refractivity contribution in [2.75, 3.05) is 0 Å². The molecule has 1 unspecified atom stereocenters. The van der Waals surface area contributed by atoms with Crippen molar-refractivity contribution in [2.24, 2.45) is 11.3 Å². The lowest BCUT2D eigenvalue weighted by Crippen LogP contribution is -2.26. The number of hydrogen-bond acceptors (Lipinski definition) is 0. The predicted molar refractivity (Wildman–Crippen MR) is 85.8 cm³/mol. The van der Waals surface area contributed by atoms with Crippen LogP contribution in [0.25, 0.3) is 0 Å². The van der Waals surface area contributed by atoms with E-state index in [1.165, 1.54) is 29.6 Å². The maximum atomic E-state index is 3.93. The van der Waals surface area contributed by atoms with Crippen LogP contribution in [-0.2, 0) is 0 Å². The fourth-order valence-corrected chi connectivity index (χ4v) is 2.63. The third-order valence-corrected chi connectivity index (χ3v) is 3.93. The van der Waals surface area contributed by atoms with Crippen LogP contribution in [-0.4, -0.2) is 0 Å². The first-order valence-electron chi connectivity index (χ1n) is 7.32. The molecule has 0 aliphatic heterocycles. The molecule has 0 heteroatoms. The first-order valence-corrected chi connectivity index (χ1v) is 7.32. The van der Waals surface area contributed by atoms with Crippen molar-refractivity contribution >= 4 is 0 Å². The lowest BCUT2D eigenvalue weighted by Gasteiger charge is -2.35. The first kappa shape index (κ1) is 15.8. The van der Waals surface area contributed by atoms with Gasteiger partial charge in [-0.15, -0.1) is 6.58 Å². The Morgan fingerprint density at radius 2 is 2.16 bits per heavy atom. The topological polar surface area (TPSA) is 0 Å². The lowest BCUT2D eigenvalue weighted by atomic mass is 9.69. The van der Waals surface area contributed by atoms with Gasteiger partial charge in [0.05, 0.1) is 0 Å². The van der Waals surface area contributed by atoms with Crippen LogP contribution in [0.2, 0.25) is 0 Å². The molecule has 0 nitrogen and oxygen atoms in total. The van der Waals surface area contributed by atoms with Crippen LogP contribution < -0.4 is 0 Å². The van der Waals surface area contributed by atoms with Gasteiger partial charge in [-0.05, 0) is 57.4 Å². The van der Waals surface area contributed by atoms with Crippen molar-refractivity contribution in [3.63, 3.8) is 0 Å². The zero-order valence-corrected chi connectivity index (χ0v) is 13.3. The van der Waals surface area contributed by atoms with Gasteiger partial charge < -0.3 is 0 Å². The monoisotopic (exact) mass is 256 g/mol. The molecule has 0 bridgehead atoms. The maximum absolute atomic E-state index is 3.93. The molecule has 19 heavy (non-hydrogen) atoms. The van der Waals surface area contributed by atoms with Gasteiger partial charge in [0.2, 0.25) is 0 Å². The number of hydrogen-bond donors (Lipinski definition) is 0. The van der Waals surface area contributed by atoms with Crippen molar-refractivity contribution in [1.29, 1.82) is 0 Å². The minimum Gasteiger partial charge on any atom is -0.100 e. The smallest absolute Gasteiger partial charge is 0.0464 e. The highest BCUT2D eigenvalue weighted by Crippen LogP contribution is 2.40. The van der Waals surface area contributed by atoms with Gasteiger partial charge in [-0.2, -0.15) is 0 Å². The van der Waals surface area contributed by atoms with Crippen LogP contribution in [0, 0.1) is 23.2 Å². The van der Waals surface area contributed by atoms with E-state index in [0.29, 0.717) is 11.3 Å². The molecule has 104 valence electrons. The summed E-state index contributed by atoms with van der Waals surface area (Å²) in [6, 6.07) is 0. The summed E-state index contributed by atoms with van der Waals surface area (Å²) < 4.78 is 0. The lowest BCUT2D eigenvalue weighted by molar-refractivity contribution is 0.263. The SMILES string of the molecule is C=C(C)CCC=C(C)C#CC1C(C)=CCCC1(C)C. The Bertz CT molecular complexity index is 446. The van der Waals surface area contributed by atoms with Crippen LogP contribution in [0.3, 0.4) is 0 Å². The fraction of sp³-hybridized carbons (Fsp3) is 0.579. The molecule has 0 heterocycles. The quantitative estimate of drug-likeness (QED) is 0.450. The van der Waals surface area contributed by atoms with Gasteiger partial charge in [-0.25, -0.2) is 0 Å². The summed E-state index contributed by atoms with van der Waals surface area (Å²) in [4.78, 5) is 0. The van der Waals surface area contributed by atoms with E-state index in [9.17, 15) is 0 Å². The molecule has 0 fully saturated rings. The summed E-state index contributed by atoms with van der Waals surface area (Å²) in [6.07, 6.45) is 9.14. The predicted octanol–water partition coefficient (Wildman–Crippen LogP) is 5.67. The number of rotatable bonds is 3. The zero-order chi connectivity index (χ0) is 14.5. The van der Waals surface area contributed by atoms with Crippen LogP contribution in [0.4, 0.5) is 0 Å². The largest absolute Gasteiger partial charge is 0.100 e. The summed E-state index contributed by atoms with van der Waals surface area (Å²) in [5, 5.41) is 0. The summed E-state index contributed by atoms with van der Waals surface area (Å²) in [7, 11) is 0. The molecule has 0 aromatic heterocycles. The minimum atomic E-state index is 0.309. The molecule has 0 spiro atoms. The second-order valence-electron chi connectivity index (χ2n) is 6.56. The van der Waals surface area contributed by atoms with E-state index in [2.05, 4.69) is 65.2 Å². The Morgan fingerprint density at radius 1 is 1.47 bits per heavy atom. The van der Waals surface area contributed by atoms with E-state index in [1.54, 1.807) is 0 Å². The molecule has 0 radical (unpaired) electrons. The van der Waals surface area contributed by atoms with Gasteiger partial charge in [-0.1, -0.05) is 49.0 Å². The van der Waals surface area contributed by atoms with Crippen molar-refractivity contribution < 1.29 is 0 Å². The van der Waals surface area contributed by atoms with Crippen molar-refractivity contribution in [3.8, 4) is 11.8 Å². The molecular weight excluding hydrogens is 228 g/mol. The molecule has 0 aromatic carbocycles. The van der Waals surface area contributed by atoms with Crippen LogP contribution in [0.5, 0.6) is 0 Å². The molecule has 0 N–H and O–H groups in total. The normalized spacial score (nSPS) is 22.3. The van der Waals surface area contributed by atoms with Gasteiger partial charge in [-0.3, -0.25) is 0 Å². The third kappa shape index (κ3) is 5.11. The standard InChI is InChI=1S/C19H28/c1-15(2)9-7-10-16(3)12-13-18-17(4)11-8-14-19(18,5)6/h10-11,18H,1,7-9,14H2,2-6H3. The van der Waals surface area contributed by atoms with Gasteiger partial charge in [0.15, 0.2) is 0 Å². The average molecular weight is 256 g/mol. The molecular formula is C19H28. The molecule has 1 aliphatic rings. The van der Waals surface area contributed by atoms with E-state index in [4.69, 9.17) is 0 Å². The van der Waals surface area contributed by atoms with Crippen molar-refractivity contribution in [1.82, 2.24) is 0 Å². The summed E-state index contributed by atoms with van der Waals surface area (Å²) in [6.45, 7) is 15.0. The maximum Gasteiger partial charge on any atom is 0.0464 e. The van der Waals surface area contributed by atoms with Crippen LogP contribution >= 0.6 is 0 Å². The zero-order valence-electron chi connectivity index (χ0n) is 13.3. The summed E-state index contributed by atoms with van der Waals surface area (Å²) in [5.74, 6) is 7.25. The van der Waals surface area contributed by atoms with E-state index in [-0.39, 0.29) is 0 Å². The first-order chi connectivity index (χ1) is 8.83. The summed E-state index contributed by atoms with van der Waals surface area (Å²) in [5.41, 5.74) is 4.18. The second kappa shape index (κ2) is 6.80. The Morgan fingerprint density at radius 3 is 2.74 bits per heavy atom. The van der Waals surface area contributed by atoms with Crippen LogP contribution in [0.1, 0.15) is 60.3 Å². The minimum absolute atomic E-state index is 0.309. The molecule has 1 atom stereocenters. The van der Waals surface area contributed by atoms with Gasteiger partial charge >= 0.3 is 0 Å². The molecule has 1 aliphatic carbocycles. The Balaban J connectivity index is 2.72. The van der Waals surface area contributed by atoms with Crippen LogP contribution in [0.15, 0.2) is 35.5 Å². The highest BCUT2D eigenvalue weighted by Gasteiger charge is 2.31. The number of allylic oxidation sites excluding steroid dienone is 5. The molecule has 0 amide bonds. The second-order valence-corrected chi connectivity index (χ2v) is 6.56. The Hall–Kier alpha value is -1.22. The molecule has 0 saturated carbocycles. The van der Waals surface area contributed by atoms with Gasteiger partial charge in [0, 0.05) is 5.92 Å². The highest BCUT2D eigenvalue weighted by atomic mass is 14.3. The van der Waals surface area contributed by atoms with E-state index < -0.39 is 0 Å². The van der Waals surface area contributed by atoms with E-state index in [0.717, 1.165) is 12.8 Å².